The van der Waals surface area contributed by atoms with Gasteiger partial charge in [-0.2, -0.15) is 0 Å². The highest BCUT2D eigenvalue weighted by Crippen LogP contribution is 2.41. The van der Waals surface area contributed by atoms with Gasteiger partial charge in [0.05, 0.1) is 18.1 Å². The maximum absolute atomic E-state index is 12.0. The molecule has 0 amide bonds. The third-order valence-electron chi connectivity index (χ3n) is 3.65. The van der Waals surface area contributed by atoms with E-state index in [0.717, 1.165) is 5.56 Å². The van der Waals surface area contributed by atoms with Crippen LogP contribution < -0.4 is 0 Å². The predicted octanol–water partition coefficient (Wildman–Crippen LogP) is 2.09. The first-order chi connectivity index (χ1) is 10.0. The van der Waals surface area contributed by atoms with E-state index in [-0.39, 0.29) is 29.2 Å². The number of hydrogen-bond donors (Lipinski definition) is 1. The molecule has 0 bridgehead atoms. The average molecular weight is 290 g/mol. The minimum Gasteiger partial charge on any atom is -0.478 e. The number of hydrogen-bond acceptors (Lipinski definition) is 4. The van der Waals surface area contributed by atoms with E-state index >= 15 is 0 Å². The lowest BCUT2D eigenvalue weighted by Gasteiger charge is -2.03. The van der Waals surface area contributed by atoms with Crippen molar-refractivity contribution in [1.82, 2.24) is 0 Å². The van der Waals surface area contributed by atoms with Gasteiger partial charge in [-0.3, -0.25) is 9.59 Å². The molecule has 0 aliphatic heterocycles. The van der Waals surface area contributed by atoms with Crippen LogP contribution >= 0.6 is 0 Å². The van der Waals surface area contributed by atoms with Gasteiger partial charge in [-0.25, -0.2) is 4.79 Å². The van der Waals surface area contributed by atoms with Gasteiger partial charge in [-0.1, -0.05) is 12.1 Å². The molecule has 1 aliphatic carbocycles. The Morgan fingerprint density at radius 2 is 1.86 bits per heavy atom. The zero-order chi connectivity index (χ0) is 15.4. The summed E-state index contributed by atoms with van der Waals surface area (Å²) in [6, 6.07) is 6.49. The number of carbonyl (C=O) groups is 3. The molecule has 0 unspecified atom stereocenters. The number of ketones is 1. The molecule has 2 rings (SSSR count). The number of esters is 1. The lowest BCUT2D eigenvalue weighted by molar-refractivity contribution is -0.145. The Kier molecular flexibility index (Phi) is 4.73. The van der Waals surface area contributed by atoms with E-state index in [1.54, 1.807) is 19.1 Å². The quantitative estimate of drug-likeness (QED) is 0.778. The largest absolute Gasteiger partial charge is 0.478 e. The molecule has 1 saturated carbocycles. The van der Waals surface area contributed by atoms with Crippen LogP contribution in [0.2, 0.25) is 0 Å². The SMILES string of the molecule is CCOC(=O)[C@H]1C[C@@H]1C(=O)CCc1ccc(C(=O)O)cc1. The fraction of sp³-hybridized carbons (Fsp3) is 0.438. The Labute approximate surface area is 122 Å². The second-order valence-corrected chi connectivity index (χ2v) is 5.17. The van der Waals surface area contributed by atoms with E-state index in [1.165, 1.54) is 12.1 Å². The molecule has 1 fully saturated rings. The number of carboxylic acids is 1. The summed E-state index contributed by atoms with van der Waals surface area (Å²) >= 11 is 0. The van der Waals surface area contributed by atoms with Crippen molar-refractivity contribution in [2.75, 3.05) is 6.61 Å². The molecule has 21 heavy (non-hydrogen) atoms. The number of carboxylic acid groups (broad SMARTS) is 1. The van der Waals surface area contributed by atoms with Crippen LogP contribution in [-0.4, -0.2) is 29.4 Å². The molecule has 1 N–H and O–H groups in total. The summed E-state index contributed by atoms with van der Waals surface area (Å²) < 4.78 is 4.90. The molecule has 0 heterocycles. The first-order valence-electron chi connectivity index (χ1n) is 7.04. The van der Waals surface area contributed by atoms with Crippen LogP contribution in [0.5, 0.6) is 0 Å². The molecule has 0 aromatic heterocycles. The number of benzene rings is 1. The van der Waals surface area contributed by atoms with Crippen molar-refractivity contribution < 1.29 is 24.2 Å². The van der Waals surface area contributed by atoms with E-state index < -0.39 is 5.97 Å². The second-order valence-electron chi connectivity index (χ2n) is 5.17. The summed E-state index contributed by atoms with van der Waals surface area (Å²) in [5.74, 6) is -1.61. The lowest BCUT2D eigenvalue weighted by Crippen LogP contribution is -2.12. The Hall–Kier alpha value is -2.17. The first kappa shape index (κ1) is 15.2. The van der Waals surface area contributed by atoms with Crippen LogP contribution in [0.25, 0.3) is 0 Å². The molecule has 112 valence electrons. The number of Topliss-reactive ketones (excluding diaryl/α,β-unsaturated/α-hetero) is 1. The van der Waals surface area contributed by atoms with Crippen molar-refractivity contribution in [3.8, 4) is 0 Å². The van der Waals surface area contributed by atoms with Gasteiger partial charge in [0.1, 0.15) is 5.78 Å². The van der Waals surface area contributed by atoms with Gasteiger partial charge >= 0.3 is 11.9 Å². The normalized spacial score (nSPS) is 19.9. The molecule has 0 radical (unpaired) electrons. The van der Waals surface area contributed by atoms with Gasteiger partial charge in [-0.15, -0.1) is 0 Å². The molecule has 5 nitrogen and oxygen atoms in total. The number of ether oxygens (including phenoxy) is 1. The van der Waals surface area contributed by atoms with Crippen molar-refractivity contribution in [3.05, 3.63) is 35.4 Å². The number of aryl methyl sites for hydroxylation is 1. The highest BCUT2D eigenvalue weighted by atomic mass is 16.5. The molecule has 1 aromatic carbocycles. The van der Waals surface area contributed by atoms with E-state index in [2.05, 4.69) is 0 Å². The Morgan fingerprint density at radius 3 is 2.43 bits per heavy atom. The van der Waals surface area contributed by atoms with Crippen molar-refractivity contribution in [2.45, 2.75) is 26.2 Å². The van der Waals surface area contributed by atoms with Crippen molar-refractivity contribution in [1.29, 1.82) is 0 Å². The molecule has 1 aliphatic rings. The molecule has 1 aromatic rings. The van der Waals surface area contributed by atoms with Crippen LogP contribution in [0.4, 0.5) is 0 Å². The van der Waals surface area contributed by atoms with Crippen LogP contribution in [0.15, 0.2) is 24.3 Å². The van der Waals surface area contributed by atoms with Gasteiger partial charge in [-0.05, 0) is 37.5 Å². The van der Waals surface area contributed by atoms with Gasteiger partial charge in [0.15, 0.2) is 0 Å². The van der Waals surface area contributed by atoms with Gasteiger partial charge in [0.25, 0.3) is 0 Å². The zero-order valence-corrected chi connectivity index (χ0v) is 11.9. The average Bonchev–Trinajstić information content (AvgIpc) is 3.26. The number of carbonyl (C=O) groups excluding carboxylic acids is 2. The third-order valence-corrected chi connectivity index (χ3v) is 3.65. The highest BCUT2D eigenvalue weighted by Gasteiger charge is 2.48. The summed E-state index contributed by atoms with van der Waals surface area (Å²) in [5.41, 5.74) is 1.15. The third kappa shape index (κ3) is 3.90. The van der Waals surface area contributed by atoms with Crippen molar-refractivity contribution in [3.63, 3.8) is 0 Å². The number of aromatic carboxylic acids is 1. The highest BCUT2D eigenvalue weighted by molar-refractivity contribution is 5.91. The fourth-order valence-electron chi connectivity index (χ4n) is 2.33. The minimum atomic E-state index is -0.965. The molecule has 0 spiro atoms. The molecular formula is C16H18O5. The standard InChI is InChI=1S/C16H18O5/c1-2-21-16(20)13-9-12(13)14(17)8-5-10-3-6-11(7-4-10)15(18)19/h3-4,6-7,12-13H,2,5,8-9H2,1H3,(H,18,19)/t12-,13-/m0/s1. The van der Waals surface area contributed by atoms with E-state index in [0.29, 0.717) is 25.9 Å². The van der Waals surface area contributed by atoms with Crippen LogP contribution in [0.1, 0.15) is 35.7 Å². The van der Waals surface area contributed by atoms with Gasteiger partial charge < -0.3 is 9.84 Å². The van der Waals surface area contributed by atoms with Crippen LogP contribution in [0, 0.1) is 11.8 Å². The summed E-state index contributed by atoms with van der Waals surface area (Å²) in [7, 11) is 0. The fourth-order valence-corrected chi connectivity index (χ4v) is 2.33. The maximum atomic E-state index is 12.0. The predicted molar refractivity (Wildman–Crippen MR) is 75.0 cm³/mol. The Bertz CT molecular complexity index is 546. The van der Waals surface area contributed by atoms with Crippen molar-refractivity contribution >= 4 is 17.7 Å². The topological polar surface area (TPSA) is 80.7 Å². The Balaban J connectivity index is 1.80. The molecule has 2 atom stereocenters. The van der Waals surface area contributed by atoms with Crippen LogP contribution in [-0.2, 0) is 20.7 Å². The zero-order valence-electron chi connectivity index (χ0n) is 11.9. The second kappa shape index (κ2) is 6.52. The monoisotopic (exact) mass is 290 g/mol. The first-order valence-corrected chi connectivity index (χ1v) is 7.04. The number of rotatable bonds is 7. The maximum Gasteiger partial charge on any atom is 0.335 e. The van der Waals surface area contributed by atoms with E-state index in [1.807, 2.05) is 0 Å². The van der Waals surface area contributed by atoms with E-state index in [4.69, 9.17) is 9.84 Å². The molecular weight excluding hydrogens is 272 g/mol. The van der Waals surface area contributed by atoms with E-state index in [9.17, 15) is 14.4 Å². The Morgan fingerprint density at radius 1 is 1.19 bits per heavy atom. The molecule has 0 saturated heterocycles. The summed E-state index contributed by atoms with van der Waals surface area (Å²) in [6.45, 7) is 2.09. The molecule has 5 heteroatoms. The minimum absolute atomic E-state index is 0.0790. The van der Waals surface area contributed by atoms with Gasteiger partial charge in [0, 0.05) is 12.3 Å². The summed E-state index contributed by atoms with van der Waals surface area (Å²) in [6.07, 6.45) is 1.52. The van der Waals surface area contributed by atoms with Gasteiger partial charge in [0.2, 0.25) is 0 Å². The summed E-state index contributed by atoms with van der Waals surface area (Å²) in [4.78, 5) is 34.2. The lowest BCUT2D eigenvalue weighted by atomic mass is 10.0. The summed E-state index contributed by atoms with van der Waals surface area (Å²) in [5, 5.41) is 8.80. The van der Waals surface area contributed by atoms with Crippen LogP contribution in [0.3, 0.4) is 0 Å². The van der Waals surface area contributed by atoms with Crippen molar-refractivity contribution in [2.24, 2.45) is 11.8 Å². The smallest absolute Gasteiger partial charge is 0.335 e.